The van der Waals surface area contributed by atoms with Crippen molar-refractivity contribution in [3.05, 3.63) is 59.3 Å². The van der Waals surface area contributed by atoms with Gasteiger partial charge in [0, 0.05) is 36.5 Å². The molecule has 0 N–H and O–H groups in total. The number of rotatable bonds is 3. The van der Waals surface area contributed by atoms with Crippen LogP contribution in [0, 0.1) is 18.1 Å². The van der Waals surface area contributed by atoms with E-state index in [2.05, 4.69) is 10.00 Å². The second-order valence-electron chi connectivity index (χ2n) is 6.69. The van der Waals surface area contributed by atoms with Crippen LogP contribution >= 0.6 is 0 Å². The third-order valence-corrected chi connectivity index (χ3v) is 5.66. The minimum absolute atomic E-state index is 0.0868. The summed E-state index contributed by atoms with van der Waals surface area (Å²) in [7, 11) is -3.38. The summed E-state index contributed by atoms with van der Waals surface area (Å²) in [6, 6.07) is 3.44. The highest BCUT2D eigenvalue weighted by atomic mass is 32.2. The van der Waals surface area contributed by atoms with Crippen molar-refractivity contribution in [2.24, 2.45) is 0 Å². The molecule has 2 aromatic rings. The van der Waals surface area contributed by atoms with Gasteiger partial charge in [-0.1, -0.05) is 0 Å². The second-order valence-corrected chi connectivity index (χ2v) is 8.53. The Bertz CT molecular complexity index is 913. The first kappa shape index (κ1) is 17.6. The minimum Gasteiger partial charge on any atom is -0.371 e. The maximum absolute atomic E-state index is 13.9. The SMILES string of the molecule is CS(=O)(=O)n1cc2c(n1)CN([C@@H]1C[CH][C@H](c3cc(F)ccc3F)OC1)C2. The summed E-state index contributed by atoms with van der Waals surface area (Å²) in [6.45, 7) is 1.51. The molecule has 9 heteroatoms. The number of aromatic nitrogens is 2. The van der Waals surface area contributed by atoms with E-state index in [1.807, 2.05) is 6.42 Å². The lowest BCUT2D eigenvalue weighted by Crippen LogP contribution is -2.39. The number of fused-ring (bicyclic) bond motifs is 1. The van der Waals surface area contributed by atoms with Gasteiger partial charge in [-0.05, 0) is 31.0 Å². The van der Waals surface area contributed by atoms with E-state index in [9.17, 15) is 17.2 Å². The van der Waals surface area contributed by atoms with Gasteiger partial charge in [-0.25, -0.2) is 17.2 Å². The molecule has 1 fully saturated rings. The van der Waals surface area contributed by atoms with E-state index in [-0.39, 0.29) is 11.6 Å². The van der Waals surface area contributed by atoms with Gasteiger partial charge in [-0.3, -0.25) is 4.90 Å². The maximum atomic E-state index is 13.9. The lowest BCUT2D eigenvalue weighted by Gasteiger charge is -2.34. The Kier molecular flexibility index (Phi) is 4.32. The van der Waals surface area contributed by atoms with Crippen molar-refractivity contribution < 1.29 is 21.9 Å². The highest BCUT2D eigenvalue weighted by molar-refractivity contribution is 7.89. The van der Waals surface area contributed by atoms with E-state index in [1.165, 1.54) is 0 Å². The molecule has 2 atom stereocenters. The zero-order valence-corrected chi connectivity index (χ0v) is 14.9. The maximum Gasteiger partial charge on any atom is 0.250 e. The summed E-state index contributed by atoms with van der Waals surface area (Å²) in [5, 5.41) is 4.14. The number of benzene rings is 1. The fraction of sp³-hybridized carbons (Fsp3) is 0.412. The highest BCUT2D eigenvalue weighted by Crippen LogP contribution is 2.33. The molecule has 0 amide bonds. The largest absolute Gasteiger partial charge is 0.371 e. The van der Waals surface area contributed by atoms with Crippen molar-refractivity contribution >= 4 is 10.0 Å². The van der Waals surface area contributed by atoms with Crippen molar-refractivity contribution in [2.75, 3.05) is 12.9 Å². The van der Waals surface area contributed by atoms with E-state index >= 15 is 0 Å². The van der Waals surface area contributed by atoms with Crippen LogP contribution in [0.4, 0.5) is 8.78 Å². The Morgan fingerprint density at radius 2 is 2.08 bits per heavy atom. The summed E-state index contributed by atoms with van der Waals surface area (Å²) in [5.41, 5.74) is 1.83. The van der Waals surface area contributed by atoms with Gasteiger partial charge in [0.25, 0.3) is 10.0 Å². The lowest BCUT2D eigenvalue weighted by atomic mass is 9.97. The third-order valence-electron chi connectivity index (χ3n) is 4.79. The summed E-state index contributed by atoms with van der Waals surface area (Å²) in [5.74, 6) is -0.976. The van der Waals surface area contributed by atoms with Crippen LogP contribution in [0.1, 0.15) is 29.3 Å². The molecule has 2 aliphatic heterocycles. The Morgan fingerprint density at radius 1 is 1.27 bits per heavy atom. The number of ether oxygens (including phenoxy) is 1. The van der Waals surface area contributed by atoms with Gasteiger partial charge >= 0.3 is 0 Å². The normalized spacial score (nSPS) is 24.0. The molecule has 1 saturated heterocycles. The first-order valence-electron chi connectivity index (χ1n) is 8.23. The molecule has 0 unspecified atom stereocenters. The van der Waals surface area contributed by atoms with Crippen molar-refractivity contribution in [3.63, 3.8) is 0 Å². The first-order valence-corrected chi connectivity index (χ1v) is 10.1. The number of hydrogen-bond acceptors (Lipinski definition) is 5. The van der Waals surface area contributed by atoms with E-state index in [1.54, 1.807) is 6.20 Å². The van der Waals surface area contributed by atoms with Gasteiger partial charge in [-0.2, -0.15) is 9.19 Å². The Hall–Kier alpha value is -1.84. The van der Waals surface area contributed by atoms with Gasteiger partial charge < -0.3 is 4.74 Å². The molecule has 6 nitrogen and oxygen atoms in total. The number of halogens is 2. The molecular formula is C17H18F2N3O3S. The van der Waals surface area contributed by atoms with Gasteiger partial charge in [0.2, 0.25) is 0 Å². The van der Waals surface area contributed by atoms with Crippen molar-refractivity contribution in [1.29, 1.82) is 0 Å². The molecule has 3 heterocycles. The van der Waals surface area contributed by atoms with Crippen LogP contribution in [0.2, 0.25) is 0 Å². The van der Waals surface area contributed by atoms with Gasteiger partial charge in [0.15, 0.2) is 0 Å². The molecule has 0 spiro atoms. The number of nitrogens with zero attached hydrogens (tertiary/aromatic N) is 3. The highest BCUT2D eigenvalue weighted by Gasteiger charge is 2.33. The average molecular weight is 382 g/mol. The molecule has 2 aliphatic rings. The van der Waals surface area contributed by atoms with Gasteiger partial charge in [-0.15, -0.1) is 0 Å². The molecule has 139 valence electrons. The molecule has 26 heavy (non-hydrogen) atoms. The van der Waals surface area contributed by atoms with Crippen LogP contribution in [0.25, 0.3) is 0 Å². The van der Waals surface area contributed by atoms with Crippen LogP contribution in [0.15, 0.2) is 24.4 Å². The minimum atomic E-state index is -3.38. The fourth-order valence-electron chi connectivity index (χ4n) is 3.42. The molecule has 0 bridgehead atoms. The van der Waals surface area contributed by atoms with Crippen LogP contribution in [0.5, 0.6) is 0 Å². The van der Waals surface area contributed by atoms with E-state index < -0.39 is 27.8 Å². The smallest absolute Gasteiger partial charge is 0.250 e. The third kappa shape index (κ3) is 3.26. The lowest BCUT2D eigenvalue weighted by molar-refractivity contribution is -0.0123. The van der Waals surface area contributed by atoms with E-state index in [0.29, 0.717) is 26.1 Å². The molecule has 4 rings (SSSR count). The molecule has 1 aromatic heterocycles. The predicted octanol–water partition coefficient (Wildman–Crippen LogP) is 2.02. The molecule has 1 aromatic carbocycles. The topological polar surface area (TPSA) is 64.4 Å². The van der Waals surface area contributed by atoms with Crippen LogP contribution in [0.3, 0.4) is 0 Å². The summed E-state index contributed by atoms with van der Waals surface area (Å²) in [6.07, 6.45) is 4.60. The standard InChI is InChI=1S/C17H18F2N3O3S/c1-26(23,24)22-8-11-7-21(9-16(11)20-22)13-3-5-17(25-10-13)14-6-12(18)2-4-15(14)19/h2,4-6,8,13,17H,3,7,9-10H2,1H3/t13-,17-/m1/s1. The first-order chi connectivity index (χ1) is 12.3. The molecular weight excluding hydrogens is 364 g/mol. The average Bonchev–Trinajstić information content (AvgIpc) is 3.16. The Balaban J connectivity index is 1.40. The Labute approximate surface area is 150 Å². The van der Waals surface area contributed by atoms with Crippen LogP contribution in [-0.4, -0.2) is 41.4 Å². The van der Waals surface area contributed by atoms with Crippen molar-refractivity contribution in [3.8, 4) is 0 Å². The van der Waals surface area contributed by atoms with Crippen LogP contribution in [-0.2, 0) is 27.8 Å². The summed E-state index contributed by atoms with van der Waals surface area (Å²) < 4.78 is 57.1. The molecule has 1 radical (unpaired) electrons. The Morgan fingerprint density at radius 3 is 2.73 bits per heavy atom. The molecule has 0 aliphatic carbocycles. The summed E-state index contributed by atoms with van der Waals surface area (Å²) >= 11 is 0. The summed E-state index contributed by atoms with van der Waals surface area (Å²) in [4.78, 5) is 2.15. The van der Waals surface area contributed by atoms with Crippen molar-refractivity contribution in [1.82, 2.24) is 14.1 Å². The molecule has 0 saturated carbocycles. The zero-order valence-electron chi connectivity index (χ0n) is 14.1. The van der Waals surface area contributed by atoms with Crippen LogP contribution < -0.4 is 0 Å². The second kappa shape index (κ2) is 6.40. The van der Waals surface area contributed by atoms with Gasteiger partial charge in [0.05, 0.1) is 24.7 Å². The number of hydrogen-bond donors (Lipinski definition) is 0. The van der Waals surface area contributed by atoms with Gasteiger partial charge in [0.1, 0.15) is 11.6 Å². The van der Waals surface area contributed by atoms with Crippen molar-refractivity contribution in [2.45, 2.75) is 31.7 Å². The van der Waals surface area contributed by atoms with E-state index in [4.69, 9.17) is 4.74 Å². The monoisotopic (exact) mass is 382 g/mol. The predicted molar refractivity (Wildman–Crippen MR) is 89.5 cm³/mol. The van der Waals surface area contributed by atoms with E-state index in [0.717, 1.165) is 39.8 Å². The fourth-order valence-corrected chi connectivity index (χ4v) is 3.98. The quantitative estimate of drug-likeness (QED) is 0.813. The zero-order chi connectivity index (χ0) is 18.5.